The van der Waals surface area contributed by atoms with Crippen molar-refractivity contribution in [1.82, 2.24) is 4.90 Å². The molecule has 0 aliphatic carbocycles. The minimum absolute atomic E-state index is 0.282. The number of piperidine rings is 1. The highest BCUT2D eigenvalue weighted by Crippen LogP contribution is 2.41. The molecule has 6 nitrogen and oxygen atoms in total. The topological polar surface area (TPSA) is 59.1 Å². The summed E-state index contributed by atoms with van der Waals surface area (Å²) in [5, 5.41) is 0. The number of rotatable bonds is 5. The molecule has 2 aromatic carbocycles. The number of anilines is 1. The van der Waals surface area contributed by atoms with Crippen LogP contribution in [0.1, 0.15) is 25.3 Å². The zero-order chi connectivity index (χ0) is 22.1. The highest BCUT2D eigenvalue weighted by molar-refractivity contribution is 6.45. The summed E-state index contributed by atoms with van der Waals surface area (Å²) < 4.78 is 24.3. The van der Waals surface area contributed by atoms with E-state index in [1.807, 2.05) is 4.90 Å². The lowest BCUT2D eigenvalue weighted by Gasteiger charge is -2.32. The second-order valence-electron chi connectivity index (χ2n) is 7.88. The standard InChI is InChI=1S/C24H25FN2O4/c1-15-10-12-26(13-11-15)22-21(16-4-6-17(25)7-5-16)23(28)27(24(22)29)19-14-18(30-2)8-9-20(19)31-3/h4-9,14-15H,10-13H2,1-3H3. The van der Waals surface area contributed by atoms with E-state index in [-0.39, 0.29) is 5.57 Å². The maximum Gasteiger partial charge on any atom is 0.282 e. The SMILES string of the molecule is COc1ccc(OC)c(N2C(=O)C(c3ccc(F)cc3)=C(N3CCC(C)CC3)C2=O)c1. The highest BCUT2D eigenvalue weighted by atomic mass is 19.1. The van der Waals surface area contributed by atoms with Gasteiger partial charge in [0.25, 0.3) is 11.8 Å². The zero-order valence-electron chi connectivity index (χ0n) is 17.9. The summed E-state index contributed by atoms with van der Waals surface area (Å²) in [6, 6.07) is 10.6. The number of halogens is 1. The largest absolute Gasteiger partial charge is 0.497 e. The molecular weight excluding hydrogens is 399 g/mol. The molecule has 0 aromatic heterocycles. The average Bonchev–Trinajstić information content (AvgIpc) is 3.04. The van der Waals surface area contributed by atoms with Gasteiger partial charge in [-0.3, -0.25) is 9.59 Å². The van der Waals surface area contributed by atoms with Crippen molar-refractivity contribution in [2.75, 3.05) is 32.2 Å². The lowest BCUT2D eigenvalue weighted by molar-refractivity contribution is -0.120. The van der Waals surface area contributed by atoms with Crippen LogP contribution in [0.3, 0.4) is 0 Å². The Balaban J connectivity index is 1.84. The summed E-state index contributed by atoms with van der Waals surface area (Å²) in [4.78, 5) is 30.4. The van der Waals surface area contributed by atoms with Crippen LogP contribution in [0, 0.1) is 11.7 Å². The monoisotopic (exact) mass is 424 g/mol. The Labute approximate surface area is 180 Å². The van der Waals surface area contributed by atoms with Crippen molar-refractivity contribution >= 4 is 23.1 Å². The van der Waals surface area contributed by atoms with E-state index in [9.17, 15) is 14.0 Å². The Morgan fingerprint density at radius 3 is 2.23 bits per heavy atom. The predicted molar refractivity (Wildman–Crippen MR) is 115 cm³/mol. The fourth-order valence-corrected chi connectivity index (χ4v) is 4.11. The summed E-state index contributed by atoms with van der Waals surface area (Å²) in [6.07, 6.45) is 1.87. The molecule has 162 valence electrons. The van der Waals surface area contributed by atoms with Crippen LogP contribution in [0.4, 0.5) is 10.1 Å². The average molecular weight is 424 g/mol. The van der Waals surface area contributed by atoms with E-state index < -0.39 is 17.6 Å². The van der Waals surface area contributed by atoms with Crippen molar-refractivity contribution in [3.63, 3.8) is 0 Å². The lowest BCUT2D eigenvalue weighted by atomic mass is 9.97. The first-order valence-corrected chi connectivity index (χ1v) is 10.3. The number of benzene rings is 2. The van der Waals surface area contributed by atoms with E-state index in [4.69, 9.17) is 9.47 Å². The predicted octanol–water partition coefficient (Wildman–Crippen LogP) is 3.86. The molecule has 0 atom stereocenters. The molecule has 4 rings (SSSR count). The number of hydrogen-bond acceptors (Lipinski definition) is 5. The van der Waals surface area contributed by atoms with Crippen molar-refractivity contribution in [1.29, 1.82) is 0 Å². The number of carbonyl (C=O) groups excluding carboxylic acids is 2. The lowest BCUT2D eigenvalue weighted by Crippen LogP contribution is -2.38. The van der Waals surface area contributed by atoms with Crippen molar-refractivity contribution in [2.24, 2.45) is 5.92 Å². The summed E-state index contributed by atoms with van der Waals surface area (Å²) in [5.41, 5.74) is 1.47. The van der Waals surface area contributed by atoms with Crippen LogP contribution >= 0.6 is 0 Å². The maximum absolute atomic E-state index is 13.7. The van der Waals surface area contributed by atoms with E-state index in [0.29, 0.717) is 47.5 Å². The van der Waals surface area contributed by atoms with Crippen LogP contribution in [0.25, 0.3) is 5.57 Å². The molecule has 0 bridgehead atoms. The number of hydrogen-bond donors (Lipinski definition) is 0. The number of methoxy groups -OCH3 is 2. The molecule has 0 N–H and O–H groups in total. The smallest absolute Gasteiger partial charge is 0.282 e. The summed E-state index contributed by atoms with van der Waals surface area (Å²) in [5.74, 6) is 0.172. The fraction of sp³-hybridized carbons (Fsp3) is 0.333. The second kappa shape index (κ2) is 8.41. The number of ether oxygens (including phenoxy) is 2. The number of imide groups is 1. The van der Waals surface area contributed by atoms with Crippen LogP contribution < -0.4 is 14.4 Å². The van der Waals surface area contributed by atoms with Crippen LogP contribution in [0.2, 0.25) is 0 Å². The quantitative estimate of drug-likeness (QED) is 0.683. The van der Waals surface area contributed by atoms with E-state index >= 15 is 0 Å². The summed E-state index contributed by atoms with van der Waals surface area (Å²) in [6.45, 7) is 3.55. The molecular formula is C24H25FN2O4. The number of nitrogens with zero attached hydrogens (tertiary/aromatic N) is 2. The second-order valence-corrected chi connectivity index (χ2v) is 7.88. The van der Waals surface area contributed by atoms with E-state index in [1.165, 1.54) is 38.5 Å². The first-order chi connectivity index (χ1) is 14.9. The van der Waals surface area contributed by atoms with Crippen LogP contribution in [-0.2, 0) is 9.59 Å². The third-order valence-corrected chi connectivity index (χ3v) is 5.92. The fourth-order valence-electron chi connectivity index (χ4n) is 4.11. The molecule has 0 radical (unpaired) electrons. The van der Waals surface area contributed by atoms with Gasteiger partial charge in [0.05, 0.1) is 25.5 Å². The molecule has 31 heavy (non-hydrogen) atoms. The van der Waals surface area contributed by atoms with Crippen LogP contribution in [0.5, 0.6) is 11.5 Å². The van der Waals surface area contributed by atoms with Gasteiger partial charge in [0.2, 0.25) is 0 Å². The van der Waals surface area contributed by atoms with Crippen LogP contribution in [-0.4, -0.2) is 44.0 Å². The van der Waals surface area contributed by atoms with Gasteiger partial charge in [0, 0.05) is 19.2 Å². The number of carbonyl (C=O) groups is 2. The zero-order valence-corrected chi connectivity index (χ0v) is 17.9. The highest BCUT2D eigenvalue weighted by Gasteiger charge is 2.44. The Bertz CT molecular complexity index is 1040. The summed E-state index contributed by atoms with van der Waals surface area (Å²) in [7, 11) is 3.00. The first-order valence-electron chi connectivity index (χ1n) is 10.3. The van der Waals surface area contributed by atoms with Gasteiger partial charge in [-0.05, 0) is 48.6 Å². The van der Waals surface area contributed by atoms with Gasteiger partial charge in [0.15, 0.2) is 0 Å². The normalized spacial score (nSPS) is 17.5. The Hall–Kier alpha value is -3.35. The Morgan fingerprint density at radius 2 is 1.61 bits per heavy atom. The Kier molecular flexibility index (Phi) is 5.67. The molecule has 1 fully saturated rings. The molecule has 2 aliphatic heterocycles. The molecule has 2 aromatic rings. The first kappa shape index (κ1) is 20.9. The Morgan fingerprint density at radius 1 is 0.935 bits per heavy atom. The van der Waals surface area contributed by atoms with Crippen molar-refractivity contribution < 1.29 is 23.5 Å². The number of amides is 2. The van der Waals surface area contributed by atoms with E-state index in [1.54, 1.807) is 18.2 Å². The number of likely N-dealkylation sites (tertiary alicyclic amines) is 1. The molecule has 0 spiro atoms. The molecule has 1 saturated heterocycles. The van der Waals surface area contributed by atoms with Crippen molar-refractivity contribution in [2.45, 2.75) is 19.8 Å². The third kappa shape index (κ3) is 3.76. The van der Waals surface area contributed by atoms with E-state index in [0.717, 1.165) is 17.7 Å². The van der Waals surface area contributed by atoms with Gasteiger partial charge in [-0.25, -0.2) is 9.29 Å². The van der Waals surface area contributed by atoms with E-state index in [2.05, 4.69) is 6.92 Å². The molecule has 0 saturated carbocycles. The molecule has 2 heterocycles. The van der Waals surface area contributed by atoms with Gasteiger partial charge < -0.3 is 14.4 Å². The molecule has 7 heteroatoms. The third-order valence-electron chi connectivity index (χ3n) is 5.92. The minimum Gasteiger partial charge on any atom is -0.497 e. The molecule has 2 amide bonds. The van der Waals surface area contributed by atoms with Crippen molar-refractivity contribution in [3.05, 3.63) is 59.5 Å². The minimum atomic E-state index is -0.461. The molecule has 0 unspecified atom stereocenters. The van der Waals surface area contributed by atoms with Gasteiger partial charge >= 0.3 is 0 Å². The summed E-state index contributed by atoms with van der Waals surface area (Å²) >= 11 is 0. The van der Waals surface area contributed by atoms with Gasteiger partial charge in [-0.1, -0.05) is 19.1 Å². The van der Waals surface area contributed by atoms with Gasteiger partial charge in [-0.2, -0.15) is 0 Å². The maximum atomic E-state index is 13.7. The van der Waals surface area contributed by atoms with Crippen molar-refractivity contribution in [3.8, 4) is 11.5 Å². The van der Waals surface area contributed by atoms with Gasteiger partial charge in [-0.15, -0.1) is 0 Å². The van der Waals surface area contributed by atoms with Crippen LogP contribution in [0.15, 0.2) is 48.2 Å². The van der Waals surface area contributed by atoms with Gasteiger partial charge in [0.1, 0.15) is 23.0 Å². The molecule has 2 aliphatic rings.